The molecule has 1 rings (SSSR count). The van der Waals surface area contributed by atoms with E-state index in [1.807, 2.05) is 4.90 Å². The Bertz CT molecular complexity index is 253. The van der Waals surface area contributed by atoms with E-state index in [9.17, 15) is 9.59 Å². The molecule has 4 nitrogen and oxygen atoms in total. The number of nitrogens with zero attached hydrogens (tertiary/aromatic N) is 1. The van der Waals surface area contributed by atoms with Gasteiger partial charge in [0.05, 0.1) is 0 Å². The molecule has 0 aliphatic carbocycles. The molecule has 1 N–H and O–H groups in total. The van der Waals surface area contributed by atoms with Crippen molar-refractivity contribution in [3.05, 3.63) is 0 Å². The molecule has 1 aliphatic heterocycles. The number of carbonyl (C=O) groups is 2. The minimum Gasteiger partial charge on any atom is -0.352 e. The van der Waals surface area contributed by atoms with Crippen LogP contribution in [0.2, 0.25) is 0 Å². The molecular weight excluding hydrogens is 192 g/mol. The van der Waals surface area contributed by atoms with Crippen molar-refractivity contribution in [2.24, 2.45) is 5.92 Å². The van der Waals surface area contributed by atoms with Crippen LogP contribution in [-0.4, -0.2) is 35.8 Å². The molecule has 4 heteroatoms. The SMILES string of the molecule is CCC1CC(NC(C)=O)CN(C(C)=O)C1. The first-order chi connectivity index (χ1) is 7.02. The number of nitrogens with one attached hydrogen (secondary N) is 1. The minimum atomic E-state index is -0.0137. The van der Waals surface area contributed by atoms with E-state index < -0.39 is 0 Å². The molecule has 1 fully saturated rings. The van der Waals surface area contributed by atoms with Crippen molar-refractivity contribution in [3.8, 4) is 0 Å². The third kappa shape index (κ3) is 3.53. The van der Waals surface area contributed by atoms with Gasteiger partial charge in [0, 0.05) is 33.0 Å². The van der Waals surface area contributed by atoms with Crippen molar-refractivity contribution in [1.29, 1.82) is 0 Å². The minimum absolute atomic E-state index is 0.0137. The summed E-state index contributed by atoms with van der Waals surface area (Å²) in [5.41, 5.74) is 0. The molecule has 0 aromatic heterocycles. The van der Waals surface area contributed by atoms with Crippen molar-refractivity contribution < 1.29 is 9.59 Å². The number of rotatable bonds is 2. The van der Waals surface area contributed by atoms with Crippen molar-refractivity contribution in [2.75, 3.05) is 13.1 Å². The van der Waals surface area contributed by atoms with E-state index in [2.05, 4.69) is 12.2 Å². The second kappa shape index (κ2) is 5.14. The van der Waals surface area contributed by atoms with E-state index in [4.69, 9.17) is 0 Å². The summed E-state index contributed by atoms with van der Waals surface area (Å²) in [5.74, 6) is 0.600. The molecule has 0 bridgehead atoms. The van der Waals surface area contributed by atoms with Crippen LogP contribution in [0.1, 0.15) is 33.6 Å². The van der Waals surface area contributed by atoms with Crippen LogP contribution >= 0.6 is 0 Å². The predicted molar refractivity (Wildman–Crippen MR) is 58.3 cm³/mol. The van der Waals surface area contributed by atoms with Crippen LogP contribution in [0.25, 0.3) is 0 Å². The zero-order valence-electron chi connectivity index (χ0n) is 9.75. The third-order valence-electron chi connectivity index (χ3n) is 2.97. The van der Waals surface area contributed by atoms with Gasteiger partial charge in [-0.05, 0) is 12.3 Å². The molecular formula is C11H20N2O2. The summed E-state index contributed by atoms with van der Waals surface area (Å²) in [6.45, 7) is 6.73. The summed E-state index contributed by atoms with van der Waals surface area (Å²) in [6, 6.07) is 0.130. The maximum Gasteiger partial charge on any atom is 0.219 e. The lowest BCUT2D eigenvalue weighted by Gasteiger charge is -2.37. The molecule has 0 aromatic carbocycles. The van der Waals surface area contributed by atoms with Crippen molar-refractivity contribution in [3.63, 3.8) is 0 Å². The lowest BCUT2D eigenvalue weighted by atomic mass is 9.92. The summed E-state index contributed by atoms with van der Waals surface area (Å²) in [4.78, 5) is 24.1. The van der Waals surface area contributed by atoms with Gasteiger partial charge >= 0.3 is 0 Å². The summed E-state index contributed by atoms with van der Waals surface area (Å²) in [7, 11) is 0. The van der Waals surface area contributed by atoms with Gasteiger partial charge in [-0.25, -0.2) is 0 Å². The monoisotopic (exact) mass is 212 g/mol. The number of hydrogen-bond acceptors (Lipinski definition) is 2. The van der Waals surface area contributed by atoms with Gasteiger partial charge in [0.15, 0.2) is 0 Å². The zero-order valence-corrected chi connectivity index (χ0v) is 9.75. The van der Waals surface area contributed by atoms with Gasteiger partial charge in [-0.2, -0.15) is 0 Å². The van der Waals surface area contributed by atoms with Crippen LogP contribution in [0, 0.1) is 5.92 Å². The fourth-order valence-electron chi connectivity index (χ4n) is 2.15. The molecule has 1 aliphatic rings. The Kier molecular flexibility index (Phi) is 4.12. The Morgan fingerprint density at radius 3 is 2.47 bits per heavy atom. The normalized spacial score (nSPS) is 26.2. The first-order valence-corrected chi connectivity index (χ1v) is 5.55. The average Bonchev–Trinajstić information content (AvgIpc) is 2.16. The summed E-state index contributed by atoms with van der Waals surface area (Å²) < 4.78 is 0. The zero-order chi connectivity index (χ0) is 11.4. The molecule has 0 spiro atoms. The smallest absolute Gasteiger partial charge is 0.219 e. The van der Waals surface area contributed by atoms with Gasteiger partial charge in [-0.15, -0.1) is 0 Å². The number of likely N-dealkylation sites (tertiary alicyclic amines) is 1. The fraction of sp³-hybridized carbons (Fsp3) is 0.818. The van der Waals surface area contributed by atoms with E-state index in [1.165, 1.54) is 6.92 Å². The highest BCUT2D eigenvalue weighted by molar-refractivity contribution is 5.74. The first kappa shape index (κ1) is 12.0. The Balaban J connectivity index is 2.58. The molecule has 2 atom stereocenters. The molecule has 15 heavy (non-hydrogen) atoms. The van der Waals surface area contributed by atoms with Crippen molar-refractivity contribution in [2.45, 2.75) is 39.7 Å². The quantitative estimate of drug-likeness (QED) is 0.735. The number of hydrogen-bond donors (Lipinski definition) is 1. The molecule has 86 valence electrons. The molecule has 0 saturated carbocycles. The molecule has 0 aromatic rings. The van der Waals surface area contributed by atoms with Gasteiger partial charge in [-0.1, -0.05) is 13.3 Å². The van der Waals surface area contributed by atoms with E-state index in [1.54, 1.807) is 6.92 Å². The van der Waals surface area contributed by atoms with E-state index in [0.717, 1.165) is 19.4 Å². The summed E-state index contributed by atoms with van der Waals surface area (Å²) in [6.07, 6.45) is 2.04. The summed E-state index contributed by atoms with van der Waals surface area (Å²) in [5, 5.41) is 2.90. The maximum atomic E-state index is 11.3. The Morgan fingerprint density at radius 2 is 2.00 bits per heavy atom. The summed E-state index contributed by atoms with van der Waals surface area (Å²) >= 11 is 0. The average molecular weight is 212 g/mol. The van der Waals surface area contributed by atoms with Gasteiger partial charge in [0.25, 0.3) is 0 Å². The molecule has 2 amide bonds. The standard InChI is InChI=1S/C11H20N2O2/c1-4-10-5-11(12-8(2)14)7-13(6-10)9(3)15/h10-11H,4-7H2,1-3H3,(H,12,14). The van der Waals surface area contributed by atoms with Crippen molar-refractivity contribution >= 4 is 11.8 Å². The van der Waals surface area contributed by atoms with Gasteiger partial charge in [0.2, 0.25) is 11.8 Å². The lowest BCUT2D eigenvalue weighted by Crippen LogP contribution is -2.51. The van der Waals surface area contributed by atoms with Crippen molar-refractivity contribution in [1.82, 2.24) is 10.2 Å². The first-order valence-electron chi connectivity index (χ1n) is 5.55. The topological polar surface area (TPSA) is 49.4 Å². The number of amides is 2. The molecule has 0 radical (unpaired) electrons. The highest BCUT2D eigenvalue weighted by atomic mass is 16.2. The van der Waals surface area contributed by atoms with E-state index >= 15 is 0 Å². The van der Waals surface area contributed by atoms with Crippen LogP contribution in [-0.2, 0) is 9.59 Å². The Hall–Kier alpha value is -1.06. The van der Waals surface area contributed by atoms with Gasteiger partial charge < -0.3 is 10.2 Å². The number of carbonyl (C=O) groups excluding carboxylic acids is 2. The highest BCUT2D eigenvalue weighted by Crippen LogP contribution is 2.19. The maximum absolute atomic E-state index is 11.3. The van der Waals surface area contributed by atoms with Crippen LogP contribution in [0.5, 0.6) is 0 Å². The Labute approximate surface area is 91.0 Å². The highest BCUT2D eigenvalue weighted by Gasteiger charge is 2.27. The fourth-order valence-corrected chi connectivity index (χ4v) is 2.15. The molecule has 1 saturated heterocycles. The van der Waals surface area contributed by atoms with Crippen LogP contribution in [0.4, 0.5) is 0 Å². The van der Waals surface area contributed by atoms with Gasteiger partial charge in [0.1, 0.15) is 0 Å². The molecule has 2 unspecified atom stereocenters. The van der Waals surface area contributed by atoms with Crippen LogP contribution in [0.15, 0.2) is 0 Å². The van der Waals surface area contributed by atoms with Crippen LogP contribution in [0.3, 0.4) is 0 Å². The molecule has 1 heterocycles. The Morgan fingerprint density at radius 1 is 1.33 bits per heavy atom. The third-order valence-corrected chi connectivity index (χ3v) is 2.97. The van der Waals surface area contributed by atoms with Crippen LogP contribution < -0.4 is 5.32 Å². The van der Waals surface area contributed by atoms with E-state index in [0.29, 0.717) is 12.5 Å². The van der Waals surface area contributed by atoms with Gasteiger partial charge in [-0.3, -0.25) is 9.59 Å². The second-order valence-electron chi connectivity index (χ2n) is 4.33. The van der Waals surface area contributed by atoms with E-state index in [-0.39, 0.29) is 17.9 Å². The predicted octanol–water partition coefficient (Wildman–Crippen LogP) is 0.770. The number of piperidine rings is 1. The second-order valence-corrected chi connectivity index (χ2v) is 4.33. The lowest BCUT2D eigenvalue weighted by molar-refractivity contribution is -0.132. The largest absolute Gasteiger partial charge is 0.352 e.